The third kappa shape index (κ3) is 11.0. The maximum Gasteiger partial charge on any atom is 0.0720 e. The van der Waals surface area contributed by atoms with E-state index in [0.29, 0.717) is 0 Å². The molecule has 4 aliphatic carbocycles. The van der Waals surface area contributed by atoms with Crippen molar-refractivity contribution in [2.24, 2.45) is 0 Å². The molecule has 0 fully saturated rings. The van der Waals surface area contributed by atoms with E-state index in [4.69, 9.17) is 0 Å². The molecule has 2 spiro atoms. The van der Waals surface area contributed by atoms with Gasteiger partial charge in [0.1, 0.15) is 0 Å². The first-order valence-electron chi connectivity index (χ1n) is 42.7. The van der Waals surface area contributed by atoms with Crippen LogP contribution in [0.2, 0.25) is 0 Å². The SMILES string of the molecule is CC1(C)c2ccccc2C2(c3ccccc3-c3cc(-c4ccc(N(c5ccc6ccccc6c5)c5ccc6ccccc6c5)cc4)ccc32)c2ccccc21.c1ccc(-c2ccc(N(c3ccc(-c4cccc5ccccc45)cc3)c3cccc4c3-c3ccccc3C43c4ccccc4C(c4ccccc4)(c4ccccc4)c4ccccc43)cc2)cc1. The summed E-state index contributed by atoms with van der Waals surface area (Å²) >= 11 is 0. The smallest absolute Gasteiger partial charge is 0.0720 e. The lowest BCUT2D eigenvalue weighted by Gasteiger charge is -2.50. The molecular weight excluding hydrogens is 1470 g/mol. The molecule has 4 aliphatic rings. The van der Waals surface area contributed by atoms with Gasteiger partial charge in [-0.05, 0) is 233 Å². The minimum atomic E-state index is -0.608. The summed E-state index contributed by atoms with van der Waals surface area (Å²) in [7, 11) is 0. The summed E-state index contributed by atoms with van der Waals surface area (Å²) in [6.07, 6.45) is 0. The van der Waals surface area contributed by atoms with Crippen LogP contribution in [0.25, 0.3) is 88.0 Å². The van der Waals surface area contributed by atoms with Crippen LogP contribution in [0.3, 0.4) is 0 Å². The van der Waals surface area contributed by atoms with Crippen LogP contribution in [0, 0.1) is 0 Å². The lowest BCUT2D eigenvalue weighted by atomic mass is 9.51. The summed E-state index contributed by atoms with van der Waals surface area (Å²) in [4.78, 5) is 4.86. The van der Waals surface area contributed by atoms with Crippen LogP contribution in [0.4, 0.5) is 34.1 Å². The average molecular weight is 1550 g/mol. The summed E-state index contributed by atoms with van der Waals surface area (Å²) in [6.45, 7) is 4.76. The lowest BCUT2D eigenvalue weighted by molar-refractivity contribution is 0.563. The van der Waals surface area contributed by atoms with E-state index < -0.39 is 10.8 Å². The van der Waals surface area contributed by atoms with Crippen LogP contribution in [-0.2, 0) is 21.7 Å². The highest BCUT2D eigenvalue weighted by atomic mass is 15.1. The molecule has 0 unspecified atom stereocenters. The van der Waals surface area contributed by atoms with Gasteiger partial charge < -0.3 is 9.80 Å². The number of anilines is 6. The third-order valence-corrected chi connectivity index (χ3v) is 27.1. The Morgan fingerprint density at radius 2 is 0.508 bits per heavy atom. The van der Waals surface area contributed by atoms with Gasteiger partial charge in [-0.1, -0.05) is 414 Å². The van der Waals surface area contributed by atoms with E-state index >= 15 is 0 Å². The number of rotatable bonds is 11. The van der Waals surface area contributed by atoms with Crippen molar-refractivity contribution in [1.82, 2.24) is 0 Å². The predicted molar refractivity (Wildman–Crippen MR) is 510 cm³/mol. The molecule has 0 aromatic heterocycles. The predicted octanol–water partition coefficient (Wildman–Crippen LogP) is 30.8. The zero-order valence-electron chi connectivity index (χ0n) is 67.9. The maximum absolute atomic E-state index is 2.48. The second kappa shape index (κ2) is 28.8. The van der Waals surface area contributed by atoms with Gasteiger partial charge in [-0.25, -0.2) is 0 Å². The van der Waals surface area contributed by atoms with Crippen molar-refractivity contribution >= 4 is 66.4 Å². The summed E-state index contributed by atoms with van der Waals surface area (Å²) in [6, 6.07) is 176. The van der Waals surface area contributed by atoms with Crippen molar-refractivity contribution in [3.8, 4) is 55.6 Å². The fraction of sp³-hybridized carbons (Fsp3) is 0.0500. The highest BCUT2D eigenvalue weighted by Crippen LogP contribution is 2.67. The molecule has 0 saturated carbocycles. The van der Waals surface area contributed by atoms with Gasteiger partial charge in [-0.15, -0.1) is 0 Å². The van der Waals surface area contributed by atoms with Crippen molar-refractivity contribution in [3.63, 3.8) is 0 Å². The van der Waals surface area contributed by atoms with Gasteiger partial charge in [0.05, 0.1) is 21.9 Å². The Balaban J connectivity index is 0.000000144. The monoisotopic (exact) mass is 1550 g/mol. The Morgan fingerprint density at radius 3 is 1.05 bits per heavy atom. The average Bonchev–Trinajstić information content (AvgIpc) is 1.48. The molecule has 0 bridgehead atoms. The second-order valence-electron chi connectivity index (χ2n) is 33.6. The van der Waals surface area contributed by atoms with Crippen molar-refractivity contribution in [2.75, 3.05) is 9.80 Å². The van der Waals surface area contributed by atoms with Crippen molar-refractivity contribution < 1.29 is 0 Å². The van der Waals surface area contributed by atoms with Crippen LogP contribution < -0.4 is 9.80 Å². The largest absolute Gasteiger partial charge is 0.310 e. The zero-order chi connectivity index (χ0) is 81.1. The molecule has 0 amide bonds. The van der Waals surface area contributed by atoms with Gasteiger partial charge in [-0.2, -0.15) is 0 Å². The second-order valence-corrected chi connectivity index (χ2v) is 33.6. The normalized spacial score (nSPS) is 13.9. The van der Waals surface area contributed by atoms with Crippen LogP contribution >= 0.6 is 0 Å². The van der Waals surface area contributed by atoms with Crippen LogP contribution in [-0.4, -0.2) is 0 Å². The Labute approximate surface area is 713 Å². The molecule has 122 heavy (non-hydrogen) atoms. The molecule has 2 heteroatoms. The summed E-state index contributed by atoms with van der Waals surface area (Å²) < 4.78 is 0. The van der Waals surface area contributed by atoms with Crippen molar-refractivity contribution in [2.45, 2.75) is 35.5 Å². The van der Waals surface area contributed by atoms with Crippen LogP contribution in [0.15, 0.2) is 473 Å². The molecule has 20 aromatic carbocycles. The molecule has 0 saturated heterocycles. The first kappa shape index (κ1) is 72.0. The molecule has 24 rings (SSSR count). The lowest BCUT2D eigenvalue weighted by Crippen LogP contribution is -2.44. The Hall–Kier alpha value is -15.2. The molecule has 0 N–H and O–H groups in total. The molecule has 0 radical (unpaired) electrons. The fourth-order valence-electron chi connectivity index (χ4n) is 21.9. The Kier molecular flexibility index (Phi) is 17.0. The quantitative estimate of drug-likeness (QED) is 0.127. The summed E-state index contributed by atoms with van der Waals surface area (Å²) in [5.74, 6) is 0. The standard InChI is InChI=1S/C66H45N.C54H39N/c1-4-20-46(21-5-1)47-38-42-52(43-39-47)67(53-44-40-49(41-45-53)55-30-18-23-48-22-10-11-28-54(48)55)63-37-19-36-62-64(63)56-29-12-13-31-57(56)66(62)60-34-16-14-32-58(60)65(50-24-6-2-7-25-50,51-26-8-3-9-27-51)59-33-15-17-35-61(59)66;1-53(2)49-19-9-11-21-51(49)54(52-22-12-10-20-50(52)53)47-18-8-7-17-45(47)46-35-41(27-32-48(46)54)38-23-28-42(29-24-38)55(43-30-25-36-13-3-5-15-39(36)33-43)44-31-26-37-14-4-6-16-40(37)34-44/h1-45H;3-35H,1-2H3. The summed E-state index contributed by atoms with van der Waals surface area (Å²) in [5.41, 5.74) is 36.1. The van der Waals surface area contributed by atoms with Crippen molar-refractivity contribution in [1.29, 1.82) is 0 Å². The topological polar surface area (TPSA) is 6.48 Å². The molecule has 0 aliphatic heterocycles. The van der Waals surface area contributed by atoms with E-state index in [1.807, 2.05) is 0 Å². The van der Waals surface area contributed by atoms with Gasteiger partial charge >= 0.3 is 0 Å². The van der Waals surface area contributed by atoms with Crippen LogP contribution in [0.5, 0.6) is 0 Å². The third-order valence-electron chi connectivity index (χ3n) is 27.1. The minimum Gasteiger partial charge on any atom is -0.310 e. The number of fused-ring (bicyclic) bond motifs is 21. The fourth-order valence-corrected chi connectivity index (χ4v) is 21.9. The van der Waals surface area contributed by atoms with E-state index in [1.165, 1.54) is 166 Å². The van der Waals surface area contributed by atoms with E-state index in [-0.39, 0.29) is 10.8 Å². The Morgan fingerprint density at radius 1 is 0.172 bits per heavy atom. The van der Waals surface area contributed by atoms with Crippen molar-refractivity contribution in [3.05, 3.63) is 551 Å². The van der Waals surface area contributed by atoms with Gasteiger partial charge in [-0.3, -0.25) is 0 Å². The van der Waals surface area contributed by atoms with Crippen LogP contribution in [0.1, 0.15) is 91.7 Å². The molecule has 0 heterocycles. The first-order chi connectivity index (χ1) is 60.3. The van der Waals surface area contributed by atoms with Gasteiger partial charge in [0.15, 0.2) is 0 Å². The molecule has 20 aromatic rings. The minimum absolute atomic E-state index is 0.106. The number of benzene rings is 20. The highest BCUT2D eigenvalue weighted by Gasteiger charge is 2.58. The van der Waals surface area contributed by atoms with E-state index in [1.54, 1.807) is 0 Å². The first-order valence-corrected chi connectivity index (χ1v) is 42.7. The number of hydrogen-bond acceptors (Lipinski definition) is 2. The molecule has 574 valence electrons. The molecule has 0 atom stereocenters. The van der Waals surface area contributed by atoms with E-state index in [2.05, 4.69) is 497 Å². The number of nitrogens with zero attached hydrogens (tertiary/aromatic N) is 2. The Bertz CT molecular complexity index is 7240. The summed E-state index contributed by atoms with van der Waals surface area (Å²) in [5, 5.41) is 7.43. The van der Waals surface area contributed by atoms with Gasteiger partial charge in [0.25, 0.3) is 0 Å². The molecule has 2 nitrogen and oxygen atoms in total. The molecular formula is C120H84N2. The highest BCUT2D eigenvalue weighted by molar-refractivity contribution is 6.02. The van der Waals surface area contributed by atoms with E-state index in [0.717, 1.165) is 34.1 Å². The van der Waals surface area contributed by atoms with E-state index in [9.17, 15) is 0 Å². The number of hydrogen-bond donors (Lipinski definition) is 0. The zero-order valence-corrected chi connectivity index (χ0v) is 67.9. The van der Waals surface area contributed by atoms with Gasteiger partial charge in [0.2, 0.25) is 0 Å². The van der Waals surface area contributed by atoms with Gasteiger partial charge in [0, 0.05) is 39.4 Å². The maximum atomic E-state index is 2.48.